The summed E-state index contributed by atoms with van der Waals surface area (Å²) >= 11 is 0. The van der Waals surface area contributed by atoms with Crippen LogP contribution in [0.1, 0.15) is 69.7 Å². The Kier molecular flexibility index (Phi) is 9.22. The van der Waals surface area contributed by atoms with Gasteiger partial charge in [-0.2, -0.15) is 15.2 Å². The van der Waals surface area contributed by atoms with E-state index in [0.717, 1.165) is 48.6 Å². The fourth-order valence-electron chi connectivity index (χ4n) is 7.23. The topological polar surface area (TPSA) is 124 Å². The summed E-state index contributed by atoms with van der Waals surface area (Å²) in [5.41, 5.74) is 2.02. The maximum atomic E-state index is 13.1. The van der Waals surface area contributed by atoms with E-state index in [1.54, 1.807) is 9.80 Å². The summed E-state index contributed by atoms with van der Waals surface area (Å²) in [5.74, 6) is 0.747. The Hall–Kier alpha value is -4.11. The molecule has 0 bridgehead atoms. The number of nitrogens with zero attached hydrogens (tertiary/aromatic N) is 7. The van der Waals surface area contributed by atoms with Gasteiger partial charge in [-0.05, 0) is 71.5 Å². The Morgan fingerprint density at radius 2 is 1.78 bits per heavy atom. The number of nitriles is 1. The van der Waals surface area contributed by atoms with Gasteiger partial charge in [-0.3, -0.25) is 4.90 Å². The van der Waals surface area contributed by atoms with Crippen LogP contribution in [0.15, 0.2) is 30.3 Å². The Morgan fingerprint density at radius 3 is 2.50 bits per heavy atom. The number of fused-ring (bicyclic) bond motifs is 2. The number of hydrogen-bond acceptors (Lipinski definition) is 10. The van der Waals surface area contributed by atoms with Gasteiger partial charge in [0.25, 0.3) is 0 Å². The average Bonchev–Trinajstić information content (AvgIpc) is 3.62. The summed E-state index contributed by atoms with van der Waals surface area (Å²) in [5, 5.41) is 9.64. The molecule has 2 amide bonds. The van der Waals surface area contributed by atoms with E-state index in [4.69, 9.17) is 24.2 Å². The highest BCUT2D eigenvalue weighted by Crippen LogP contribution is 2.39. The summed E-state index contributed by atoms with van der Waals surface area (Å²) in [6.45, 7) is 10.5. The molecule has 5 heterocycles. The first kappa shape index (κ1) is 31.9. The molecule has 0 spiro atoms. The van der Waals surface area contributed by atoms with Crippen LogP contribution in [0.3, 0.4) is 0 Å². The molecular formula is C34H45N7O5. The molecule has 1 atom stereocenters. The van der Waals surface area contributed by atoms with E-state index >= 15 is 0 Å². The number of piperazine rings is 1. The number of hydrogen-bond donors (Lipinski definition) is 0. The zero-order valence-electron chi connectivity index (χ0n) is 27.2. The molecule has 46 heavy (non-hydrogen) atoms. The quantitative estimate of drug-likeness (QED) is 0.431. The lowest BCUT2D eigenvalue weighted by atomic mass is 9.95. The van der Waals surface area contributed by atoms with Crippen molar-refractivity contribution in [2.45, 2.75) is 89.6 Å². The fraction of sp³-hybridized carbons (Fsp3) is 0.618. The molecule has 246 valence electrons. The third-order valence-corrected chi connectivity index (χ3v) is 9.50. The second kappa shape index (κ2) is 13.3. The minimum absolute atomic E-state index is 0.0314. The van der Waals surface area contributed by atoms with Crippen molar-refractivity contribution in [3.63, 3.8) is 0 Å². The zero-order valence-corrected chi connectivity index (χ0v) is 27.2. The summed E-state index contributed by atoms with van der Waals surface area (Å²) in [6, 6.07) is 11.8. The van der Waals surface area contributed by atoms with Crippen LogP contribution in [0.4, 0.5) is 15.4 Å². The first-order chi connectivity index (χ1) is 22.1. The molecule has 0 N–H and O–H groups in total. The van der Waals surface area contributed by atoms with Crippen molar-refractivity contribution >= 4 is 18.0 Å². The van der Waals surface area contributed by atoms with Gasteiger partial charge in [0.2, 0.25) is 0 Å². The van der Waals surface area contributed by atoms with Crippen LogP contribution in [-0.2, 0) is 29.0 Å². The number of aromatic nitrogens is 2. The van der Waals surface area contributed by atoms with E-state index in [1.165, 1.54) is 12.8 Å². The van der Waals surface area contributed by atoms with Crippen LogP contribution in [0.5, 0.6) is 6.01 Å². The maximum absolute atomic E-state index is 13.1. The largest absolute Gasteiger partial charge is 0.461 e. The number of anilines is 1. The molecule has 0 saturated carbocycles. The number of benzene rings is 1. The molecule has 4 aliphatic heterocycles. The van der Waals surface area contributed by atoms with Crippen LogP contribution in [0, 0.1) is 11.3 Å². The Bertz CT molecular complexity index is 1450. The fourth-order valence-corrected chi connectivity index (χ4v) is 7.23. The van der Waals surface area contributed by atoms with Crippen molar-refractivity contribution in [3.05, 3.63) is 47.2 Å². The molecule has 6 rings (SSSR count). The van der Waals surface area contributed by atoms with E-state index in [9.17, 15) is 14.9 Å². The van der Waals surface area contributed by atoms with Gasteiger partial charge in [-0.15, -0.1) is 0 Å². The Labute approximate surface area is 271 Å². The molecule has 0 unspecified atom stereocenters. The SMILES string of the molecule is CC(C)(C)OC(=O)N1CCN(c2nc(OCC34CCCN3CCC4)nc3c2CCN(C(=O)OCc2ccccc2)C3)C[C@@H]1CC#N. The van der Waals surface area contributed by atoms with Crippen molar-refractivity contribution in [2.24, 2.45) is 0 Å². The zero-order chi connectivity index (χ0) is 32.3. The lowest BCUT2D eigenvalue weighted by molar-refractivity contribution is 0.0144. The van der Waals surface area contributed by atoms with Gasteiger partial charge in [-0.25, -0.2) is 9.59 Å². The maximum Gasteiger partial charge on any atom is 0.410 e. The highest BCUT2D eigenvalue weighted by Gasteiger charge is 2.45. The van der Waals surface area contributed by atoms with Crippen LogP contribution in [0.2, 0.25) is 0 Å². The van der Waals surface area contributed by atoms with E-state index in [1.807, 2.05) is 51.1 Å². The van der Waals surface area contributed by atoms with Crippen LogP contribution in [-0.4, -0.2) is 99.9 Å². The summed E-state index contributed by atoms with van der Waals surface area (Å²) < 4.78 is 17.7. The molecule has 1 aromatic heterocycles. The summed E-state index contributed by atoms with van der Waals surface area (Å²) in [6.07, 6.45) is 4.47. The first-order valence-electron chi connectivity index (χ1n) is 16.5. The number of ether oxygens (including phenoxy) is 3. The molecule has 12 heteroatoms. The third-order valence-electron chi connectivity index (χ3n) is 9.50. The van der Waals surface area contributed by atoms with Crippen LogP contribution in [0.25, 0.3) is 0 Å². The van der Waals surface area contributed by atoms with E-state index in [2.05, 4.69) is 15.9 Å². The van der Waals surface area contributed by atoms with Gasteiger partial charge in [0, 0.05) is 31.7 Å². The highest BCUT2D eigenvalue weighted by atomic mass is 16.6. The number of carbonyl (C=O) groups excluding carboxylic acids is 2. The predicted molar refractivity (Wildman–Crippen MR) is 170 cm³/mol. The molecule has 12 nitrogen and oxygen atoms in total. The normalized spacial score (nSPS) is 20.9. The van der Waals surface area contributed by atoms with Crippen molar-refractivity contribution in [3.8, 4) is 12.1 Å². The molecule has 3 saturated heterocycles. The molecular weight excluding hydrogens is 586 g/mol. The van der Waals surface area contributed by atoms with Crippen molar-refractivity contribution < 1.29 is 23.8 Å². The summed E-state index contributed by atoms with van der Waals surface area (Å²) in [7, 11) is 0. The predicted octanol–water partition coefficient (Wildman–Crippen LogP) is 4.52. The smallest absolute Gasteiger partial charge is 0.410 e. The average molecular weight is 632 g/mol. The highest BCUT2D eigenvalue weighted by molar-refractivity contribution is 5.70. The number of carbonyl (C=O) groups is 2. The van der Waals surface area contributed by atoms with Crippen molar-refractivity contribution in [2.75, 3.05) is 50.8 Å². The van der Waals surface area contributed by atoms with Crippen LogP contribution < -0.4 is 9.64 Å². The monoisotopic (exact) mass is 631 g/mol. The Morgan fingerprint density at radius 1 is 1.02 bits per heavy atom. The van der Waals surface area contributed by atoms with Crippen molar-refractivity contribution in [1.82, 2.24) is 24.7 Å². The molecule has 0 radical (unpaired) electrons. The van der Waals surface area contributed by atoms with E-state index in [-0.39, 0.29) is 37.2 Å². The van der Waals surface area contributed by atoms with Gasteiger partial charge in [-0.1, -0.05) is 30.3 Å². The van der Waals surface area contributed by atoms with E-state index in [0.29, 0.717) is 45.2 Å². The number of amides is 2. The first-order valence-corrected chi connectivity index (χ1v) is 16.5. The minimum Gasteiger partial charge on any atom is -0.461 e. The molecule has 2 aromatic rings. The summed E-state index contributed by atoms with van der Waals surface area (Å²) in [4.78, 5) is 44.0. The second-order valence-electron chi connectivity index (χ2n) is 13.8. The molecule has 3 fully saturated rings. The van der Waals surface area contributed by atoms with Crippen LogP contribution >= 0.6 is 0 Å². The minimum atomic E-state index is -0.634. The molecule has 1 aromatic carbocycles. The van der Waals surface area contributed by atoms with Crippen molar-refractivity contribution in [1.29, 1.82) is 5.26 Å². The molecule has 0 aliphatic carbocycles. The third kappa shape index (κ3) is 6.99. The molecule has 4 aliphatic rings. The lowest BCUT2D eigenvalue weighted by Gasteiger charge is -2.42. The van der Waals surface area contributed by atoms with Gasteiger partial charge in [0.15, 0.2) is 0 Å². The van der Waals surface area contributed by atoms with Gasteiger partial charge < -0.3 is 28.9 Å². The number of rotatable bonds is 7. The second-order valence-corrected chi connectivity index (χ2v) is 13.8. The Balaban J connectivity index is 1.23. The van der Waals surface area contributed by atoms with Gasteiger partial charge in [0.1, 0.15) is 24.6 Å². The lowest BCUT2D eigenvalue weighted by Crippen LogP contribution is -2.56. The van der Waals surface area contributed by atoms with Gasteiger partial charge >= 0.3 is 18.2 Å². The van der Waals surface area contributed by atoms with Gasteiger partial charge in [0.05, 0.1) is 36.3 Å². The standard InChI is InChI=1S/C34H45N7O5/c1-33(2,3)46-32(43)41-20-19-38(21-26(41)11-15-35)29-27-12-18-39(31(42)44-23-25-9-5-4-6-10-25)22-28(27)36-30(37-29)45-24-34-13-7-16-40(34)17-8-14-34/h4-6,9-10,26H,7-8,11-14,16-24H2,1-3H3/t26-/m0/s1. The van der Waals surface area contributed by atoms with E-state index < -0.39 is 11.7 Å².